The summed E-state index contributed by atoms with van der Waals surface area (Å²) in [5.74, 6) is -0.723. The first-order valence-corrected chi connectivity index (χ1v) is 11.7. The Morgan fingerprint density at radius 2 is 1.81 bits per heavy atom. The molecule has 0 saturated carbocycles. The fourth-order valence-electron chi connectivity index (χ4n) is 4.16. The molecule has 1 aliphatic heterocycles. The highest BCUT2D eigenvalue weighted by atomic mass is 35.5. The van der Waals surface area contributed by atoms with Crippen LogP contribution in [0.25, 0.3) is 11.3 Å². The fraction of sp³-hybridized carbons (Fsp3) is 0.346. The van der Waals surface area contributed by atoms with E-state index in [1.54, 1.807) is 49.9 Å². The van der Waals surface area contributed by atoms with Gasteiger partial charge in [-0.1, -0.05) is 29.8 Å². The topological polar surface area (TPSA) is 55.3 Å². The van der Waals surface area contributed by atoms with Crippen molar-refractivity contribution in [3.05, 3.63) is 81.8 Å². The number of hydrogen-bond donors (Lipinski definition) is 0. The lowest BCUT2D eigenvalue weighted by Gasteiger charge is -2.26. The van der Waals surface area contributed by atoms with Crippen LogP contribution in [-0.4, -0.2) is 33.3 Å². The Balaban J connectivity index is 1.75. The third kappa shape index (κ3) is 5.78. The fourth-order valence-corrected chi connectivity index (χ4v) is 4.35. The second kappa shape index (κ2) is 9.69. The largest absolute Gasteiger partial charge is 0.444 e. The van der Waals surface area contributed by atoms with Crippen LogP contribution >= 0.6 is 11.6 Å². The minimum absolute atomic E-state index is 0.000978. The molecule has 0 N–H and O–H groups in total. The number of nitrogens with zero attached hydrogens (tertiary/aromatic N) is 3. The van der Waals surface area contributed by atoms with Crippen LogP contribution in [0.4, 0.5) is 22.4 Å². The standard InChI is InChI=1S/C26H24ClF4N3O2/c1-25(2,3)36-24(35)34-11-10-19(15-5-7-21(28)20(27)13-15)18-6-4-16(12-17(18)14-34)22-8-9-23(33-32-22)26(29,30)31/h4-9,12-13,19H,10-11,14H2,1-3H3/t19-/m1/s1. The molecule has 0 spiro atoms. The number of ether oxygens (including phenoxy) is 1. The average molecular weight is 522 g/mol. The molecule has 36 heavy (non-hydrogen) atoms. The highest BCUT2D eigenvalue weighted by Crippen LogP contribution is 2.38. The summed E-state index contributed by atoms with van der Waals surface area (Å²) >= 11 is 6.05. The number of amides is 1. The summed E-state index contributed by atoms with van der Waals surface area (Å²) in [6, 6.07) is 12.1. The zero-order valence-electron chi connectivity index (χ0n) is 19.9. The van der Waals surface area contributed by atoms with Gasteiger partial charge in [-0.05, 0) is 74.2 Å². The van der Waals surface area contributed by atoms with Crippen LogP contribution in [0.2, 0.25) is 5.02 Å². The molecule has 4 rings (SSSR count). The smallest absolute Gasteiger partial charge is 0.435 e. The van der Waals surface area contributed by atoms with Crippen molar-refractivity contribution in [2.45, 2.75) is 51.4 Å². The van der Waals surface area contributed by atoms with Gasteiger partial charge in [-0.25, -0.2) is 9.18 Å². The van der Waals surface area contributed by atoms with E-state index in [-0.39, 0.29) is 23.2 Å². The van der Waals surface area contributed by atoms with Gasteiger partial charge in [0.2, 0.25) is 0 Å². The molecule has 10 heteroatoms. The van der Waals surface area contributed by atoms with Crippen LogP contribution in [0.5, 0.6) is 0 Å². The minimum atomic E-state index is -4.59. The molecule has 3 aromatic rings. The first-order chi connectivity index (χ1) is 16.8. The molecule has 0 bridgehead atoms. The summed E-state index contributed by atoms with van der Waals surface area (Å²) in [7, 11) is 0. The summed E-state index contributed by atoms with van der Waals surface area (Å²) in [6.45, 7) is 5.93. The molecule has 0 saturated heterocycles. The molecule has 0 radical (unpaired) electrons. The van der Waals surface area contributed by atoms with Crippen LogP contribution in [0.1, 0.15) is 55.5 Å². The van der Waals surface area contributed by atoms with Crippen LogP contribution in [0, 0.1) is 5.82 Å². The van der Waals surface area contributed by atoms with Gasteiger partial charge < -0.3 is 9.64 Å². The van der Waals surface area contributed by atoms with Crippen molar-refractivity contribution in [2.75, 3.05) is 6.54 Å². The predicted molar refractivity (Wildman–Crippen MR) is 127 cm³/mol. The average Bonchev–Trinajstić information content (AvgIpc) is 2.99. The maximum absolute atomic E-state index is 13.8. The lowest BCUT2D eigenvalue weighted by Crippen LogP contribution is -2.36. The second-order valence-corrected chi connectivity index (χ2v) is 10.0. The number of carbonyl (C=O) groups excluding carboxylic acids is 1. The van der Waals surface area contributed by atoms with Gasteiger partial charge in [0.1, 0.15) is 11.4 Å². The number of hydrogen-bond acceptors (Lipinski definition) is 4. The number of halogens is 5. The number of alkyl halides is 3. The van der Waals surface area contributed by atoms with E-state index in [9.17, 15) is 22.4 Å². The van der Waals surface area contributed by atoms with Crippen molar-refractivity contribution in [3.63, 3.8) is 0 Å². The first kappa shape index (κ1) is 25.9. The van der Waals surface area contributed by atoms with Crippen LogP contribution in [0.15, 0.2) is 48.5 Å². The molecule has 5 nitrogen and oxygen atoms in total. The Bertz CT molecular complexity index is 1270. The van der Waals surface area contributed by atoms with E-state index in [1.807, 2.05) is 6.07 Å². The van der Waals surface area contributed by atoms with E-state index in [4.69, 9.17) is 16.3 Å². The predicted octanol–water partition coefficient (Wildman–Crippen LogP) is 7.23. The summed E-state index contributed by atoms with van der Waals surface area (Å²) < 4.78 is 58.1. The molecule has 1 atom stereocenters. The van der Waals surface area contributed by atoms with Crippen LogP contribution < -0.4 is 0 Å². The summed E-state index contributed by atoms with van der Waals surface area (Å²) in [5, 5.41) is 7.06. The molecule has 1 aromatic heterocycles. The van der Waals surface area contributed by atoms with Gasteiger partial charge in [0.15, 0.2) is 5.69 Å². The Labute approximate surface area is 211 Å². The zero-order valence-corrected chi connectivity index (χ0v) is 20.6. The third-order valence-electron chi connectivity index (χ3n) is 5.82. The Morgan fingerprint density at radius 3 is 2.42 bits per heavy atom. The van der Waals surface area contributed by atoms with Gasteiger partial charge in [-0.3, -0.25) is 0 Å². The molecule has 190 valence electrons. The van der Waals surface area contributed by atoms with E-state index >= 15 is 0 Å². The molecular formula is C26H24ClF4N3O2. The summed E-state index contributed by atoms with van der Waals surface area (Å²) in [6.07, 6.45) is -4.53. The Kier molecular flexibility index (Phi) is 6.96. The van der Waals surface area contributed by atoms with E-state index in [0.717, 1.165) is 22.8 Å². The Morgan fingerprint density at radius 1 is 1.06 bits per heavy atom. The third-order valence-corrected chi connectivity index (χ3v) is 6.11. The second-order valence-electron chi connectivity index (χ2n) is 9.63. The molecular weight excluding hydrogens is 498 g/mol. The highest BCUT2D eigenvalue weighted by Gasteiger charge is 2.33. The number of fused-ring (bicyclic) bond motifs is 1. The van der Waals surface area contributed by atoms with Crippen LogP contribution in [0.3, 0.4) is 0 Å². The van der Waals surface area contributed by atoms with Gasteiger partial charge in [0.25, 0.3) is 0 Å². The van der Waals surface area contributed by atoms with E-state index < -0.39 is 29.4 Å². The number of aromatic nitrogens is 2. The molecule has 1 amide bonds. The van der Waals surface area contributed by atoms with Crippen molar-refractivity contribution in [1.82, 2.24) is 15.1 Å². The number of benzene rings is 2. The quantitative estimate of drug-likeness (QED) is 0.334. The molecule has 0 aliphatic carbocycles. The number of rotatable bonds is 2. The van der Waals surface area contributed by atoms with E-state index in [1.165, 1.54) is 12.1 Å². The molecule has 2 heterocycles. The number of carbonyl (C=O) groups is 1. The summed E-state index contributed by atoms with van der Waals surface area (Å²) in [5.41, 5.74) is 1.50. The van der Waals surface area contributed by atoms with Gasteiger partial charge in [-0.2, -0.15) is 13.2 Å². The van der Waals surface area contributed by atoms with Crippen molar-refractivity contribution in [2.24, 2.45) is 0 Å². The maximum Gasteiger partial charge on any atom is 0.435 e. The first-order valence-electron chi connectivity index (χ1n) is 11.3. The maximum atomic E-state index is 13.8. The molecule has 0 unspecified atom stereocenters. The van der Waals surface area contributed by atoms with E-state index in [2.05, 4.69) is 10.2 Å². The van der Waals surface area contributed by atoms with Crippen LogP contribution in [-0.2, 0) is 17.5 Å². The normalized spacial score (nSPS) is 16.3. The SMILES string of the molecule is CC(C)(C)OC(=O)N1CC[C@H](c2ccc(F)c(Cl)c2)c2ccc(-c3ccc(C(F)(F)F)nn3)cc2C1. The minimum Gasteiger partial charge on any atom is -0.444 e. The molecule has 1 aliphatic rings. The van der Waals surface area contributed by atoms with Crippen molar-refractivity contribution in [1.29, 1.82) is 0 Å². The van der Waals surface area contributed by atoms with Crippen molar-refractivity contribution < 1.29 is 27.1 Å². The summed E-state index contributed by atoms with van der Waals surface area (Å²) in [4.78, 5) is 14.5. The molecule has 0 fully saturated rings. The van der Waals surface area contributed by atoms with E-state index in [0.29, 0.717) is 18.5 Å². The monoisotopic (exact) mass is 521 g/mol. The Hall–Kier alpha value is -3.20. The zero-order chi connectivity index (χ0) is 26.3. The highest BCUT2D eigenvalue weighted by molar-refractivity contribution is 6.30. The molecule has 2 aromatic carbocycles. The van der Waals surface area contributed by atoms with Gasteiger partial charge in [0.05, 0.1) is 10.7 Å². The lowest BCUT2D eigenvalue weighted by molar-refractivity contribution is -0.141. The van der Waals surface area contributed by atoms with Crippen molar-refractivity contribution in [3.8, 4) is 11.3 Å². The lowest BCUT2D eigenvalue weighted by atomic mass is 9.85. The van der Waals surface area contributed by atoms with Gasteiger partial charge in [0, 0.05) is 24.6 Å². The van der Waals surface area contributed by atoms with Gasteiger partial charge >= 0.3 is 12.3 Å². The van der Waals surface area contributed by atoms with Gasteiger partial charge in [-0.15, -0.1) is 10.2 Å². The van der Waals surface area contributed by atoms with Crippen molar-refractivity contribution >= 4 is 17.7 Å².